The summed E-state index contributed by atoms with van der Waals surface area (Å²) in [6.07, 6.45) is 1.51. The molecule has 0 aliphatic carbocycles. The molecule has 2 rings (SSSR count). The molecule has 2 N–H and O–H groups in total. The van der Waals surface area contributed by atoms with E-state index in [4.69, 9.17) is 0 Å². The van der Waals surface area contributed by atoms with Crippen LogP contribution in [0, 0.1) is 13.8 Å². The Bertz CT molecular complexity index is 547. The van der Waals surface area contributed by atoms with Crippen molar-refractivity contribution in [3.05, 3.63) is 39.8 Å². The fourth-order valence-corrected chi connectivity index (χ4v) is 1.53. The van der Waals surface area contributed by atoms with E-state index in [2.05, 4.69) is 36.4 Å². The maximum atomic E-state index is 11.9. The molecule has 0 radical (unpaired) electrons. The first kappa shape index (κ1) is 11.8. The van der Waals surface area contributed by atoms with Crippen molar-refractivity contribution in [3.8, 4) is 0 Å². The zero-order chi connectivity index (χ0) is 12.4. The van der Waals surface area contributed by atoms with Gasteiger partial charge in [-0.25, -0.2) is 4.98 Å². The summed E-state index contributed by atoms with van der Waals surface area (Å²) in [6.45, 7) is 3.80. The number of carbonyl (C=O) groups excluding carboxylic acids is 1. The van der Waals surface area contributed by atoms with Crippen LogP contribution in [0.1, 0.15) is 21.6 Å². The molecular weight excluding hydrogens is 284 g/mol. The summed E-state index contributed by atoms with van der Waals surface area (Å²) in [5.74, 6) is 0.329. The standard InChI is InChI=1S/C11H11BrN4O/c1-6-7(2)15-16-10(6)14-11(17)8-3-4-9(12)13-5-8/h3-5H,1-2H3,(H2,14,15,16,17). The maximum absolute atomic E-state index is 11.9. The van der Waals surface area contributed by atoms with Crippen molar-refractivity contribution in [2.45, 2.75) is 13.8 Å². The maximum Gasteiger partial charge on any atom is 0.258 e. The molecule has 0 saturated carbocycles. The van der Waals surface area contributed by atoms with E-state index in [1.807, 2.05) is 13.8 Å². The van der Waals surface area contributed by atoms with Gasteiger partial charge in [-0.2, -0.15) is 5.10 Å². The van der Waals surface area contributed by atoms with E-state index in [9.17, 15) is 4.79 Å². The van der Waals surface area contributed by atoms with Crippen LogP contribution in [0.4, 0.5) is 5.82 Å². The Morgan fingerprint density at radius 2 is 2.18 bits per heavy atom. The largest absolute Gasteiger partial charge is 0.305 e. The summed E-state index contributed by atoms with van der Waals surface area (Å²) in [6, 6.07) is 3.42. The van der Waals surface area contributed by atoms with Crippen LogP contribution in [0.5, 0.6) is 0 Å². The molecular formula is C11H11BrN4O. The van der Waals surface area contributed by atoms with Gasteiger partial charge in [0.25, 0.3) is 5.91 Å². The number of pyridine rings is 1. The number of aromatic nitrogens is 3. The number of aromatic amines is 1. The molecule has 1 amide bonds. The molecule has 6 heteroatoms. The lowest BCUT2D eigenvalue weighted by Gasteiger charge is -2.02. The summed E-state index contributed by atoms with van der Waals surface area (Å²) in [7, 11) is 0. The van der Waals surface area contributed by atoms with Crippen LogP contribution in [0.2, 0.25) is 0 Å². The van der Waals surface area contributed by atoms with E-state index in [0.717, 1.165) is 11.3 Å². The summed E-state index contributed by atoms with van der Waals surface area (Å²) in [5, 5.41) is 9.56. The van der Waals surface area contributed by atoms with Crippen molar-refractivity contribution in [1.29, 1.82) is 0 Å². The minimum absolute atomic E-state index is 0.223. The molecule has 0 aliphatic rings. The van der Waals surface area contributed by atoms with Gasteiger partial charge in [-0.3, -0.25) is 9.89 Å². The molecule has 0 fully saturated rings. The van der Waals surface area contributed by atoms with Crippen molar-refractivity contribution in [1.82, 2.24) is 15.2 Å². The van der Waals surface area contributed by atoms with E-state index >= 15 is 0 Å². The number of amides is 1. The van der Waals surface area contributed by atoms with Gasteiger partial charge in [0.2, 0.25) is 0 Å². The van der Waals surface area contributed by atoms with Crippen molar-refractivity contribution >= 4 is 27.7 Å². The predicted octanol–water partition coefficient (Wildman–Crippen LogP) is 2.44. The molecule has 0 aliphatic heterocycles. The SMILES string of the molecule is Cc1[nH]nc(NC(=O)c2ccc(Br)nc2)c1C. The van der Waals surface area contributed by atoms with Crippen molar-refractivity contribution in [3.63, 3.8) is 0 Å². The van der Waals surface area contributed by atoms with Crippen molar-refractivity contribution < 1.29 is 4.79 Å². The van der Waals surface area contributed by atoms with Crippen LogP contribution in [-0.2, 0) is 0 Å². The number of nitrogens with zero attached hydrogens (tertiary/aromatic N) is 2. The number of hydrogen-bond acceptors (Lipinski definition) is 3. The number of halogens is 1. The van der Waals surface area contributed by atoms with Gasteiger partial charge in [0.1, 0.15) is 4.60 Å². The van der Waals surface area contributed by atoms with E-state index in [0.29, 0.717) is 16.0 Å². The minimum atomic E-state index is -0.223. The second-order valence-corrected chi connectivity index (χ2v) is 4.46. The highest BCUT2D eigenvalue weighted by Gasteiger charge is 2.11. The van der Waals surface area contributed by atoms with Gasteiger partial charge in [-0.15, -0.1) is 0 Å². The van der Waals surface area contributed by atoms with E-state index in [-0.39, 0.29) is 5.91 Å². The number of hydrogen-bond donors (Lipinski definition) is 2. The fourth-order valence-electron chi connectivity index (χ4n) is 1.30. The normalized spacial score (nSPS) is 10.3. The van der Waals surface area contributed by atoms with Crippen LogP contribution in [0.25, 0.3) is 0 Å². The number of carbonyl (C=O) groups is 1. The van der Waals surface area contributed by atoms with Gasteiger partial charge in [-0.05, 0) is 41.9 Å². The molecule has 2 heterocycles. The van der Waals surface area contributed by atoms with E-state index in [1.165, 1.54) is 6.20 Å². The van der Waals surface area contributed by atoms with Crippen molar-refractivity contribution in [2.24, 2.45) is 0 Å². The molecule has 2 aromatic heterocycles. The molecule has 0 atom stereocenters. The first-order valence-electron chi connectivity index (χ1n) is 5.02. The molecule has 0 aromatic carbocycles. The summed E-state index contributed by atoms with van der Waals surface area (Å²) < 4.78 is 0.695. The van der Waals surface area contributed by atoms with E-state index < -0.39 is 0 Å². The summed E-state index contributed by atoms with van der Waals surface area (Å²) >= 11 is 3.22. The second-order valence-electron chi connectivity index (χ2n) is 3.65. The quantitative estimate of drug-likeness (QED) is 0.836. The van der Waals surface area contributed by atoms with Crippen LogP contribution < -0.4 is 5.32 Å². The van der Waals surface area contributed by atoms with Crippen LogP contribution in [-0.4, -0.2) is 21.1 Å². The Morgan fingerprint density at radius 3 is 2.71 bits per heavy atom. The number of nitrogens with one attached hydrogen (secondary N) is 2. The fraction of sp³-hybridized carbons (Fsp3) is 0.182. The second kappa shape index (κ2) is 4.67. The Morgan fingerprint density at radius 1 is 1.41 bits per heavy atom. The number of rotatable bonds is 2. The Balaban J connectivity index is 2.17. The summed E-state index contributed by atoms with van der Waals surface area (Å²) in [5.41, 5.74) is 2.37. The predicted molar refractivity (Wildman–Crippen MR) is 68.0 cm³/mol. The lowest BCUT2D eigenvalue weighted by atomic mass is 10.2. The van der Waals surface area contributed by atoms with Gasteiger partial charge >= 0.3 is 0 Å². The third kappa shape index (κ3) is 2.52. The molecule has 17 heavy (non-hydrogen) atoms. The lowest BCUT2D eigenvalue weighted by Crippen LogP contribution is -2.13. The van der Waals surface area contributed by atoms with Gasteiger partial charge in [0.05, 0.1) is 5.56 Å². The van der Waals surface area contributed by atoms with Gasteiger partial charge in [0.15, 0.2) is 5.82 Å². The smallest absolute Gasteiger partial charge is 0.258 e. The molecule has 0 bridgehead atoms. The molecule has 0 unspecified atom stereocenters. The highest BCUT2D eigenvalue weighted by molar-refractivity contribution is 9.10. The van der Waals surface area contributed by atoms with Gasteiger partial charge in [0, 0.05) is 17.5 Å². The zero-order valence-electron chi connectivity index (χ0n) is 9.41. The number of anilines is 1. The molecule has 5 nitrogen and oxygen atoms in total. The highest BCUT2D eigenvalue weighted by atomic mass is 79.9. The molecule has 0 spiro atoms. The monoisotopic (exact) mass is 294 g/mol. The molecule has 88 valence electrons. The van der Waals surface area contributed by atoms with E-state index in [1.54, 1.807) is 12.1 Å². The minimum Gasteiger partial charge on any atom is -0.305 e. The first-order valence-corrected chi connectivity index (χ1v) is 5.81. The molecule has 0 saturated heterocycles. The average Bonchev–Trinajstić information content (AvgIpc) is 2.62. The first-order chi connectivity index (χ1) is 8.08. The van der Waals surface area contributed by atoms with Crippen LogP contribution in [0.15, 0.2) is 22.9 Å². The number of aryl methyl sites for hydroxylation is 1. The average molecular weight is 295 g/mol. The lowest BCUT2D eigenvalue weighted by molar-refractivity contribution is 0.102. The Kier molecular flexibility index (Phi) is 3.23. The Labute approximate surface area is 107 Å². The van der Waals surface area contributed by atoms with Gasteiger partial charge in [-0.1, -0.05) is 0 Å². The third-order valence-electron chi connectivity index (χ3n) is 2.47. The summed E-state index contributed by atoms with van der Waals surface area (Å²) in [4.78, 5) is 15.9. The Hall–Kier alpha value is -1.69. The highest BCUT2D eigenvalue weighted by Crippen LogP contribution is 2.15. The molecule has 2 aromatic rings. The topological polar surface area (TPSA) is 70.7 Å². The number of H-pyrrole nitrogens is 1. The van der Waals surface area contributed by atoms with Crippen LogP contribution >= 0.6 is 15.9 Å². The third-order valence-corrected chi connectivity index (χ3v) is 2.94. The zero-order valence-corrected chi connectivity index (χ0v) is 11.0. The van der Waals surface area contributed by atoms with Gasteiger partial charge < -0.3 is 5.32 Å². The van der Waals surface area contributed by atoms with Crippen LogP contribution in [0.3, 0.4) is 0 Å². The van der Waals surface area contributed by atoms with Crippen molar-refractivity contribution in [2.75, 3.05) is 5.32 Å².